The van der Waals surface area contributed by atoms with Gasteiger partial charge in [-0.1, -0.05) is 18.7 Å². The third kappa shape index (κ3) is 6.38. The molecule has 0 aromatic rings. The van der Waals surface area contributed by atoms with Gasteiger partial charge >= 0.3 is 0 Å². The molecule has 0 aliphatic rings. The van der Waals surface area contributed by atoms with Crippen LogP contribution >= 0.6 is 23.4 Å². The number of thioether (sulfide) groups is 1. The van der Waals surface area contributed by atoms with Gasteiger partial charge in [0.15, 0.2) is 5.12 Å². The Morgan fingerprint density at radius 2 is 2.09 bits per heavy atom. The van der Waals surface area contributed by atoms with Gasteiger partial charge in [-0.3, -0.25) is 9.59 Å². The quantitative estimate of drug-likeness (QED) is 0.641. The zero-order valence-electron chi connectivity index (χ0n) is 6.59. The standard InChI is InChI=1S/C7H11ClO2S/c1-5(11-6(2)9)3-7(10)4-8/h5H,3-4H2,1-2H3. The minimum absolute atomic E-state index is 0.00656. The minimum atomic E-state index is -0.00656. The molecule has 0 spiro atoms. The number of hydrogen-bond donors (Lipinski definition) is 0. The van der Waals surface area contributed by atoms with Gasteiger partial charge in [-0.05, 0) is 0 Å². The fourth-order valence-corrected chi connectivity index (χ4v) is 1.65. The molecule has 0 aliphatic carbocycles. The van der Waals surface area contributed by atoms with E-state index < -0.39 is 0 Å². The first kappa shape index (κ1) is 11.0. The van der Waals surface area contributed by atoms with Crippen molar-refractivity contribution in [2.24, 2.45) is 0 Å². The molecule has 0 saturated carbocycles. The molecule has 1 atom stereocenters. The summed E-state index contributed by atoms with van der Waals surface area (Å²) in [5.74, 6) is 0.0379. The largest absolute Gasteiger partial charge is 0.298 e. The summed E-state index contributed by atoms with van der Waals surface area (Å²) in [5.41, 5.74) is 0. The predicted molar refractivity (Wildman–Crippen MR) is 48.1 cm³/mol. The fraction of sp³-hybridized carbons (Fsp3) is 0.714. The van der Waals surface area contributed by atoms with Crippen LogP contribution in [0.4, 0.5) is 0 Å². The molecule has 0 radical (unpaired) electrons. The molecule has 64 valence electrons. The van der Waals surface area contributed by atoms with E-state index in [0.717, 1.165) is 0 Å². The monoisotopic (exact) mass is 194 g/mol. The Labute approximate surface area is 75.7 Å². The van der Waals surface area contributed by atoms with E-state index in [0.29, 0.717) is 6.42 Å². The van der Waals surface area contributed by atoms with Crippen molar-refractivity contribution in [3.63, 3.8) is 0 Å². The molecule has 0 aliphatic heterocycles. The lowest BCUT2D eigenvalue weighted by Crippen LogP contribution is -2.09. The molecule has 4 heteroatoms. The van der Waals surface area contributed by atoms with Crippen LogP contribution in [0.25, 0.3) is 0 Å². The maximum absolute atomic E-state index is 10.7. The third-order valence-corrected chi connectivity index (χ3v) is 2.23. The number of carbonyl (C=O) groups is 2. The predicted octanol–water partition coefficient (Wildman–Crippen LogP) is 1.85. The lowest BCUT2D eigenvalue weighted by atomic mass is 10.2. The van der Waals surface area contributed by atoms with Gasteiger partial charge < -0.3 is 0 Å². The van der Waals surface area contributed by atoms with E-state index >= 15 is 0 Å². The molecule has 0 fully saturated rings. The summed E-state index contributed by atoms with van der Waals surface area (Å²) in [4.78, 5) is 21.3. The van der Waals surface area contributed by atoms with E-state index in [1.807, 2.05) is 6.92 Å². The Morgan fingerprint density at radius 3 is 2.45 bits per heavy atom. The second kappa shape index (κ2) is 5.61. The molecule has 0 amide bonds. The van der Waals surface area contributed by atoms with Crippen LogP contribution in [-0.2, 0) is 9.59 Å². The molecule has 0 N–H and O–H groups in total. The molecule has 0 aromatic heterocycles. The van der Waals surface area contributed by atoms with Crippen LogP contribution in [0.5, 0.6) is 0 Å². The highest BCUT2D eigenvalue weighted by atomic mass is 35.5. The van der Waals surface area contributed by atoms with E-state index in [2.05, 4.69) is 0 Å². The zero-order chi connectivity index (χ0) is 8.85. The summed E-state index contributed by atoms with van der Waals surface area (Å²) in [7, 11) is 0. The summed E-state index contributed by atoms with van der Waals surface area (Å²) in [6, 6.07) is 0. The van der Waals surface area contributed by atoms with Crippen molar-refractivity contribution in [2.45, 2.75) is 25.5 Å². The first-order valence-corrected chi connectivity index (χ1v) is 4.72. The van der Waals surface area contributed by atoms with Crippen molar-refractivity contribution in [2.75, 3.05) is 5.88 Å². The lowest BCUT2D eigenvalue weighted by molar-refractivity contribution is -0.116. The van der Waals surface area contributed by atoms with E-state index in [-0.39, 0.29) is 22.0 Å². The van der Waals surface area contributed by atoms with Crippen molar-refractivity contribution in [3.05, 3.63) is 0 Å². The summed E-state index contributed by atoms with van der Waals surface area (Å²) in [5, 5.41) is 0.0959. The van der Waals surface area contributed by atoms with Gasteiger partial charge in [-0.15, -0.1) is 11.6 Å². The molecule has 0 aromatic carbocycles. The smallest absolute Gasteiger partial charge is 0.186 e. The summed E-state index contributed by atoms with van der Waals surface area (Å²) >= 11 is 6.47. The third-order valence-electron chi connectivity index (χ3n) is 1.03. The first-order chi connectivity index (χ1) is 5.06. The van der Waals surface area contributed by atoms with Crippen molar-refractivity contribution in [1.29, 1.82) is 0 Å². The minimum Gasteiger partial charge on any atom is -0.298 e. The highest BCUT2D eigenvalue weighted by Crippen LogP contribution is 2.14. The molecule has 0 saturated heterocycles. The average Bonchev–Trinajstić information content (AvgIpc) is 1.85. The number of carbonyl (C=O) groups excluding carboxylic acids is 2. The van der Waals surface area contributed by atoms with Gasteiger partial charge in [0.25, 0.3) is 0 Å². The van der Waals surface area contributed by atoms with Crippen LogP contribution in [0.3, 0.4) is 0 Å². The Balaban J connectivity index is 3.60. The van der Waals surface area contributed by atoms with Crippen LogP contribution in [0.1, 0.15) is 20.3 Å². The molecular formula is C7H11ClO2S. The Hall–Kier alpha value is -0.0200. The Kier molecular flexibility index (Phi) is 5.60. The van der Waals surface area contributed by atoms with Crippen molar-refractivity contribution < 1.29 is 9.59 Å². The zero-order valence-corrected chi connectivity index (χ0v) is 8.17. The number of ketones is 1. The van der Waals surface area contributed by atoms with E-state index in [4.69, 9.17) is 11.6 Å². The van der Waals surface area contributed by atoms with Gasteiger partial charge in [0, 0.05) is 18.6 Å². The number of Topliss-reactive ketones (excluding diaryl/α,β-unsaturated/α-hetero) is 1. The normalized spacial score (nSPS) is 12.6. The van der Waals surface area contributed by atoms with Crippen LogP contribution < -0.4 is 0 Å². The van der Waals surface area contributed by atoms with Crippen molar-refractivity contribution in [1.82, 2.24) is 0 Å². The number of hydrogen-bond acceptors (Lipinski definition) is 3. The number of alkyl halides is 1. The molecule has 0 rings (SSSR count). The molecule has 2 nitrogen and oxygen atoms in total. The summed E-state index contributed by atoms with van der Waals surface area (Å²) in [6.07, 6.45) is 0.383. The van der Waals surface area contributed by atoms with Crippen LogP contribution in [-0.4, -0.2) is 22.0 Å². The topological polar surface area (TPSA) is 34.1 Å². The van der Waals surface area contributed by atoms with Gasteiger partial charge in [-0.25, -0.2) is 0 Å². The Bertz CT molecular complexity index is 159. The van der Waals surface area contributed by atoms with Gasteiger partial charge in [0.1, 0.15) is 5.78 Å². The van der Waals surface area contributed by atoms with E-state index in [1.54, 1.807) is 0 Å². The van der Waals surface area contributed by atoms with Crippen LogP contribution in [0.15, 0.2) is 0 Å². The molecule has 0 heterocycles. The molecule has 0 bridgehead atoms. The summed E-state index contributed by atoms with van der Waals surface area (Å²) in [6.45, 7) is 3.34. The van der Waals surface area contributed by atoms with Gasteiger partial charge in [-0.2, -0.15) is 0 Å². The van der Waals surface area contributed by atoms with Crippen molar-refractivity contribution >= 4 is 34.3 Å². The summed E-state index contributed by atoms with van der Waals surface area (Å²) < 4.78 is 0. The Morgan fingerprint density at radius 1 is 1.55 bits per heavy atom. The molecule has 1 unspecified atom stereocenters. The number of rotatable bonds is 4. The second-order valence-corrected chi connectivity index (χ2v) is 4.18. The first-order valence-electron chi connectivity index (χ1n) is 3.31. The van der Waals surface area contributed by atoms with E-state index in [1.165, 1.54) is 18.7 Å². The molecular weight excluding hydrogens is 184 g/mol. The maximum Gasteiger partial charge on any atom is 0.186 e. The fourth-order valence-electron chi connectivity index (χ4n) is 0.700. The van der Waals surface area contributed by atoms with Gasteiger partial charge in [0.05, 0.1) is 5.88 Å². The van der Waals surface area contributed by atoms with Crippen molar-refractivity contribution in [3.8, 4) is 0 Å². The second-order valence-electron chi connectivity index (χ2n) is 2.30. The highest BCUT2D eigenvalue weighted by Gasteiger charge is 2.10. The van der Waals surface area contributed by atoms with Crippen LogP contribution in [0, 0.1) is 0 Å². The highest BCUT2D eigenvalue weighted by molar-refractivity contribution is 8.14. The van der Waals surface area contributed by atoms with E-state index in [9.17, 15) is 9.59 Å². The molecule has 11 heavy (non-hydrogen) atoms. The maximum atomic E-state index is 10.7. The van der Waals surface area contributed by atoms with Gasteiger partial charge in [0.2, 0.25) is 0 Å². The number of halogens is 1. The SMILES string of the molecule is CC(=O)SC(C)CC(=O)CCl. The lowest BCUT2D eigenvalue weighted by Gasteiger charge is -2.04. The average molecular weight is 195 g/mol. The van der Waals surface area contributed by atoms with Crippen LogP contribution in [0.2, 0.25) is 0 Å².